The van der Waals surface area contributed by atoms with Crippen LogP contribution in [0.1, 0.15) is 18.1 Å². The predicted octanol–water partition coefficient (Wildman–Crippen LogP) is 3.92. The molecule has 8 heteroatoms. The molecule has 1 aromatic heterocycles. The molecule has 1 amide bonds. The van der Waals surface area contributed by atoms with Crippen LogP contribution in [0.4, 0.5) is 5.69 Å². The van der Waals surface area contributed by atoms with Crippen molar-refractivity contribution in [1.29, 1.82) is 0 Å². The van der Waals surface area contributed by atoms with Crippen LogP contribution in [0.25, 0.3) is 5.69 Å². The van der Waals surface area contributed by atoms with Gasteiger partial charge in [0.2, 0.25) is 5.88 Å². The molecule has 0 aliphatic carbocycles. The van der Waals surface area contributed by atoms with Gasteiger partial charge in [0, 0.05) is 17.8 Å². The zero-order chi connectivity index (χ0) is 21.8. The molecule has 1 atom stereocenters. The van der Waals surface area contributed by atoms with Crippen LogP contribution in [-0.4, -0.2) is 28.9 Å². The number of carbonyl (C=O) groups excluding carboxylic acids is 1. The van der Waals surface area contributed by atoms with Gasteiger partial charge < -0.3 is 14.8 Å². The Bertz CT molecular complexity index is 1140. The molecule has 0 saturated carbocycles. The van der Waals surface area contributed by atoms with E-state index >= 15 is 0 Å². The van der Waals surface area contributed by atoms with Crippen LogP contribution in [0, 0.1) is 13.8 Å². The van der Waals surface area contributed by atoms with Gasteiger partial charge in [-0.15, -0.1) is 5.10 Å². The lowest BCUT2D eigenvalue weighted by molar-refractivity contribution is -0.122. The van der Waals surface area contributed by atoms with Crippen LogP contribution in [0.2, 0.25) is 5.02 Å². The monoisotopic (exact) mass is 427 g/mol. The fourth-order valence-corrected chi connectivity index (χ4v) is 2.98. The van der Waals surface area contributed by atoms with E-state index in [-0.39, 0.29) is 17.3 Å². The average molecular weight is 428 g/mol. The topological polar surface area (TPSA) is 82.5 Å². The van der Waals surface area contributed by atoms with Gasteiger partial charge in [0.25, 0.3) is 11.5 Å². The molecule has 0 spiro atoms. The summed E-state index contributed by atoms with van der Waals surface area (Å²) < 4.78 is 12.0. The number of aryl methyl sites for hydroxylation is 2. The number of carbonyl (C=O) groups is 1. The normalized spacial score (nSPS) is 11.6. The summed E-state index contributed by atoms with van der Waals surface area (Å²) in [5.74, 6) is 0.280. The van der Waals surface area contributed by atoms with Crippen molar-refractivity contribution in [3.63, 3.8) is 0 Å². The summed E-state index contributed by atoms with van der Waals surface area (Å²) in [6, 6.07) is 13.3. The standard InChI is InChI=1S/C22H22ClN3O4/c1-13-5-7-17(11-14(13)2)26-21(27)10-9-20(25-26)30-15(3)22(28)24-16-6-8-19(29-4)18(23)12-16/h5-12,15H,1-4H3,(H,24,28). The number of methoxy groups -OCH3 is 1. The highest BCUT2D eigenvalue weighted by atomic mass is 35.5. The summed E-state index contributed by atoms with van der Waals surface area (Å²) in [5.41, 5.74) is 2.99. The van der Waals surface area contributed by atoms with Crippen LogP contribution in [-0.2, 0) is 4.79 Å². The van der Waals surface area contributed by atoms with Gasteiger partial charge in [-0.3, -0.25) is 9.59 Å². The number of amides is 1. The minimum Gasteiger partial charge on any atom is -0.495 e. The summed E-state index contributed by atoms with van der Waals surface area (Å²) >= 11 is 6.08. The Hall–Kier alpha value is -3.32. The quantitative estimate of drug-likeness (QED) is 0.644. The number of aromatic nitrogens is 2. The lowest BCUT2D eigenvalue weighted by Gasteiger charge is -2.15. The smallest absolute Gasteiger partial charge is 0.271 e. The van der Waals surface area contributed by atoms with E-state index in [0.29, 0.717) is 22.1 Å². The van der Waals surface area contributed by atoms with Gasteiger partial charge in [0.1, 0.15) is 5.75 Å². The van der Waals surface area contributed by atoms with E-state index in [4.69, 9.17) is 21.1 Å². The first kappa shape index (κ1) is 21.4. The third-order valence-corrected chi connectivity index (χ3v) is 4.89. The second-order valence-electron chi connectivity index (χ2n) is 6.79. The van der Waals surface area contributed by atoms with Crippen molar-refractivity contribution in [3.8, 4) is 17.3 Å². The number of nitrogens with one attached hydrogen (secondary N) is 1. The molecule has 156 valence electrons. The zero-order valence-electron chi connectivity index (χ0n) is 17.1. The van der Waals surface area contributed by atoms with Gasteiger partial charge in [0.05, 0.1) is 17.8 Å². The van der Waals surface area contributed by atoms with Crippen molar-refractivity contribution in [2.45, 2.75) is 26.9 Å². The third-order valence-electron chi connectivity index (χ3n) is 4.60. The molecule has 1 unspecified atom stereocenters. The molecule has 0 saturated heterocycles. The predicted molar refractivity (Wildman–Crippen MR) is 116 cm³/mol. The van der Waals surface area contributed by atoms with E-state index in [0.717, 1.165) is 11.1 Å². The molecule has 1 N–H and O–H groups in total. The van der Waals surface area contributed by atoms with E-state index in [2.05, 4.69) is 10.4 Å². The molecule has 0 bridgehead atoms. The molecule has 30 heavy (non-hydrogen) atoms. The second kappa shape index (κ2) is 9.00. The first-order valence-corrected chi connectivity index (χ1v) is 9.65. The summed E-state index contributed by atoms with van der Waals surface area (Å²) in [6.45, 7) is 5.54. The molecule has 2 aromatic carbocycles. The lowest BCUT2D eigenvalue weighted by Crippen LogP contribution is -2.31. The number of rotatable bonds is 6. The first-order chi connectivity index (χ1) is 14.3. The van der Waals surface area contributed by atoms with Crippen LogP contribution in [0.5, 0.6) is 11.6 Å². The molecule has 7 nitrogen and oxygen atoms in total. The van der Waals surface area contributed by atoms with Crippen LogP contribution >= 0.6 is 11.6 Å². The molecule has 0 fully saturated rings. The molecule has 3 aromatic rings. The molecule has 0 aliphatic heterocycles. The molecular weight excluding hydrogens is 406 g/mol. The van der Waals surface area contributed by atoms with E-state index in [1.165, 1.54) is 23.9 Å². The van der Waals surface area contributed by atoms with Crippen LogP contribution in [0.15, 0.2) is 53.3 Å². The Morgan fingerprint density at radius 2 is 1.87 bits per heavy atom. The molecule has 0 aliphatic rings. The van der Waals surface area contributed by atoms with Gasteiger partial charge in [-0.1, -0.05) is 17.7 Å². The van der Waals surface area contributed by atoms with Gasteiger partial charge in [-0.25, -0.2) is 0 Å². The minimum atomic E-state index is -0.857. The van der Waals surface area contributed by atoms with Crippen molar-refractivity contribution in [2.24, 2.45) is 0 Å². The maximum Gasteiger partial charge on any atom is 0.271 e. The highest BCUT2D eigenvalue weighted by Crippen LogP contribution is 2.27. The fraction of sp³-hybridized carbons (Fsp3) is 0.227. The number of halogens is 1. The third kappa shape index (κ3) is 4.80. The van der Waals surface area contributed by atoms with E-state index in [9.17, 15) is 9.59 Å². The summed E-state index contributed by atoms with van der Waals surface area (Å²) in [4.78, 5) is 24.7. The zero-order valence-corrected chi connectivity index (χ0v) is 17.9. The molecular formula is C22H22ClN3O4. The van der Waals surface area contributed by atoms with Gasteiger partial charge in [0.15, 0.2) is 6.10 Å². The lowest BCUT2D eigenvalue weighted by atomic mass is 10.1. The van der Waals surface area contributed by atoms with E-state index < -0.39 is 6.10 Å². The summed E-state index contributed by atoms with van der Waals surface area (Å²) in [5, 5.41) is 7.35. The number of hydrogen-bond acceptors (Lipinski definition) is 5. The Labute approximate surface area is 179 Å². The SMILES string of the molecule is COc1ccc(NC(=O)C(C)Oc2ccc(=O)n(-c3ccc(C)c(C)c3)n2)cc1Cl. The van der Waals surface area contributed by atoms with E-state index in [1.54, 1.807) is 25.1 Å². The van der Waals surface area contributed by atoms with Crippen molar-refractivity contribution < 1.29 is 14.3 Å². The second-order valence-corrected chi connectivity index (χ2v) is 7.20. The number of anilines is 1. The van der Waals surface area contributed by atoms with Crippen LogP contribution < -0.4 is 20.3 Å². The van der Waals surface area contributed by atoms with Crippen molar-refractivity contribution in [1.82, 2.24) is 9.78 Å². The number of nitrogens with zero attached hydrogens (tertiary/aromatic N) is 2. The largest absolute Gasteiger partial charge is 0.495 e. The summed E-state index contributed by atoms with van der Waals surface area (Å²) in [6.07, 6.45) is -0.857. The number of hydrogen-bond donors (Lipinski definition) is 1. The Morgan fingerprint density at radius 3 is 2.53 bits per heavy atom. The maximum absolute atomic E-state index is 12.5. The van der Waals surface area contributed by atoms with Gasteiger partial charge in [-0.05, 0) is 62.2 Å². The first-order valence-electron chi connectivity index (χ1n) is 9.27. The van der Waals surface area contributed by atoms with Crippen molar-refractivity contribution >= 4 is 23.2 Å². The van der Waals surface area contributed by atoms with E-state index in [1.807, 2.05) is 32.0 Å². The Morgan fingerprint density at radius 1 is 1.10 bits per heavy atom. The highest BCUT2D eigenvalue weighted by Gasteiger charge is 2.17. The number of benzene rings is 2. The average Bonchev–Trinajstić information content (AvgIpc) is 2.71. The maximum atomic E-state index is 12.5. The fourth-order valence-electron chi connectivity index (χ4n) is 2.72. The van der Waals surface area contributed by atoms with Crippen molar-refractivity contribution in [3.05, 3.63) is 75.0 Å². The minimum absolute atomic E-state index is 0.156. The Balaban J connectivity index is 1.75. The highest BCUT2D eigenvalue weighted by molar-refractivity contribution is 6.32. The number of ether oxygens (including phenoxy) is 2. The van der Waals surface area contributed by atoms with Crippen LogP contribution in [0.3, 0.4) is 0 Å². The Kier molecular flexibility index (Phi) is 6.42. The van der Waals surface area contributed by atoms with Gasteiger partial charge in [-0.2, -0.15) is 4.68 Å². The summed E-state index contributed by atoms with van der Waals surface area (Å²) in [7, 11) is 1.51. The molecule has 1 heterocycles. The molecule has 3 rings (SSSR count). The van der Waals surface area contributed by atoms with Crippen molar-refractivity contribution in [2.75, 3.05) is 12.4 Å². The molecule has 0 radical (unpaired) electrons. The van der Waals surface area contributed by atoms with Gasteiger partial charge >= 0.3 is 0 Å².